The Morgan fingerprint density at radius 3 is 2.80 bits per heavy atom. The number of aliphatic hydroxyl groups is 1. The average Bonchev–Trinajstić information content (AvgIpc) is 1.95. The maximum absolute atomic E-state index is 8.78. The molecule has 4 nitrogen and oxygen atoms in total. The van der Waals surface area contributed by atoms with Gasteiger partial charge in [0.05, 0.1) is 6.61 Å². The molecule has 1 N–H and O–H groups in total. The van der Waals surface area contributed by atoms with Crippen LogP contribution >= 0.6 is 0 Å². The highest BCUT2D eigenvalue weighted by Gasteiger charge is 2.05. The van der Waals surface area contributed by atoms with Crippen molar-refractivity contribution in [1.82, 2.24) is 0 Å². The van der Waals surface area contributed by atoms with Crippen LogP contribution in [0.3, 0.4) is 0 Å². The minimum Gasteiger partial charge on any atom is -0.495 e. The van der Waals surface area contributed by atoms with Gasteiger partial charge in [-0.2, -0.15) is 0 Å². The Hall–Kier alpha value is -1.06. The Kier molecular flexibility index (Phi) is 2.25. The molecule has 1 heterocycles. The highest BCUT2D eigenvalue weighted by Crippen LogP contribution is 1.92. The third-order valence-electron chi connectivity index (χ3n) is 1.10. The van der Waals surface area contributed by atoms with Crippen LogP contribution in [0.15, 0.2) is 9.98 Å². The molecule has 0 saturated carbocycles. The van der Waals surface area contributed by atoms with E-state index in [0.717, 1.165) is 0 Å². The van der Waals surface area contributed by atoms with E-state index in [1.807, 2.05) is 6.92 Å². The predicted molar refractivity (Wildman–Crippen MR) is 38.9 cm³/mol. The molecule has 0 aromatic carbocycles. The average molecular weight is 142 g/mol. The topological polar surface area (TPSA) is 54.2 Å². The van der Waals surface area contributed by atoms with E-state index in [9.17, 15) is 0 Å². The third kappa shape index (κ3) is 1.72. The van der Waals surface area contributed by atoms with Crippen molar-refractivity contribution in [3.05, 3.63) is 0 Å². The van der Waals surface area contributed by atoms with Crippen LogP contribution in [0.4, 0.5) is 0 Å². The van der Waals surface area contributed by atoms with E-state index in [1.165, 1.54) is 0 Å². The molecule has 0 fully saturated rings. The quantitative estimate of drug-likeness (QED) is 0.575. The molecule has 0 saturated heterocycles. The minimum absolute atomic E-state index is 0.0865. The number of aliphatic imine (C=N–C) groups is 2. The fraction of sp³-hybridized carbons (Fsp3) is 0.667. The fourth-order valence-corrected chi connectivity index (χ4v) is 0.676. The van der Waals surface area contributed by atoms with Crippen LogP contribution in [0, 0.1) is 0 Å². The molecule has 0 aliphatic carbocycles. The molecule has 0 atom stereocenters. The lowest BCUT2D eigenvalue weighted by atomic mass is 10.5. The lowest BCUT2D eigenvalue weighted by molar-refractivity contribution is 0.318. The molecule has 0 amide bonds. The summed E-state index contributed by atoms with van der Waals surface area (Å²) in [7, 11) is 0. The molecule has 1 aliphatic heterocycles. The van der Waals surface area contributed by atoms with Crippen molar-refractivity contribution in [2.45, 2.75) is 6.92 Å². The third-order valence-corrected chi connectivity index (χ3v) is 1.10. The van der Waals surface area contributed by atoms with Gasteiger partial charge in [0, 0.05) is 0 Å². The van der Waals surface area contributed by atoms with Crippen LogP contribution in [0.25, 0.3) is 0 Å². The van der Waals surface area contributed by atoms with Gasteiger partial charge < -0.3 is 9.84 Å². The summed E-state index contributed by atoms with van der Waals surface area (Å²) in [6.07, 6.45) is 0. The summed E-state index contributed by atoms with van der Waals surface area (Å²) in [6.45, 7) is 3.13. The molecule has 0 unspecified atom stereocenters. The summed E-state index contributed by atoms with van der Waals surface area (Å²) in [5.41, 5.74) is 0. The van der Waals surface area contributed by atoms with Gasteiger partial charge in [0.2, 0.25) is 11.8 Å². The van der Waals surface area contributed by atoms with Crippen molar-refractivity contribution in [3.63, 3.8) is 0 Å². The molecular weight excluding hydrogens is 132 g/mol. The second-order valence-corrected chi connectivity index (χ2v) is 1.88. The Balaban J connectivity index is 2.38. The fourth-order valence-electron chi connectivity index (χ4n) is 0.676. The Morgan fingerprint density at radius 2 is 2.30 bits per heavy atom. The number of hydrogen-bond acceptors (Lipinski definition) is 3. The zero-order chi connectivity index (χ0) is 7.40. The van der Waals surface area contributed by atoms with E-state index >= 15 is 0 Å². The van der Waals surface area contributed by atoms with Gasteiger partial charge in [0.15, 0.2) is 0 Å². The first-order chi connectivity index (χ1) is 4.83. The van der Waals surface area contributed by atoms with E-state index in [0.29, 0.717) is 19.0 Å². The minimum atomic E-state index is 0.0865. The van der Waals surface area contributed by atoms with Gasteiger partial charge in [0.1, 0.15) is 13.1 Å². The smallest absolute Gasteiger partial charge is 0.206 e. The first-order valence-corrected chi connectivity index (χ1v) is 3.21. The highest BCUT2D eigenvalue weighted by molar-refractivity contribution is 5.88. The van der Waals surface area contributed by atoms with Crippen LogP contribution < -0.4 is 0 Å². The van der Waals surface area contributed by atoms with Gasteiger partial charge in [-0.1, -0.05) is 0 Å². The normalized spacial score (nSPS) is 17.7. The number of aliphatic hydroxyl groups excluding tert-OH is 1. The summed E-state index contributed by atoms with van der Waals surface area (Å²) >= 11 is 0. The molecule has 0 radical (unpaired) electrons. The van der Waals surface area contributed by atoms with Gasteiger partial charge in [0.25, 0.3) is 0 Å². The molecule has 0 bridgehead atoms. The second-order valence-electron chi connectivity index (χ2n) is 1.88. The Morgan fingerprint density at radius 1 is 1.50 bits per heavy atom. The molecule has 0 spiro atoms. The number of ether oxygens (including phenoxy) is 1. The standard InChI is InChI=1S/C6H10N2O2/c1-2-10-6-4-7-5(9)3-8-6/h2-4H2,1H3,(H,7,9). The van der Waals surface area contributed by atoms with Crippen molar-refractivity contribution in [3.8, 4) is 0 Å². The molecule has 10 heavy (non-hydrogen) atoms. The molecule has 0 aromatic rings. The summed E-state index contributed by atoms with van der Waals surface area (Å²) in [4.78, 5) is 7.66. The number of hydrogen-bond donors (Lipinski definition) is 1. The molecule has 56 valence electrons. The molecular formula is C6H10N2O2. The van der Waals surface area contributed by atoms with Crippen LogP contribution in [0.5, 0.6) is 0 Å². The number of rotatable bonds is 1. The van der Waals surface area contributed by atoms with Gasteiger partial charge >= 0.3 is 0 Å². The van der Waals surface area contributed by atoms with Crippen molar-refractivity contribution in [1.29, 1.82) is 0 Å². The first kappa shape index (κ1) is 7.05. The van der Waals surface area contributed by atoms with Crippen molar-refractivity contribution in [2.24, 2.45) is 9.98 Å². The second kappa shape index (κ2) is 3.20. The Labute approximate surface area is 59.3 Å². The Bertz CT molecular complexity index is 175. The lowest BCUT2D eigenvalue weighted by Gasteiger charge is -2.08. The largest absolute Gasteiger partial charge is 0.495 e. The van der Waals surface area contributed by atoms with Crippen LogP contribution in [0.1, 0.15) is 6.92 Å². The summed E-state index contributed by atoms with van der Waals surface area (Å²) in [5.74, 6) is 0.698. The number of nitrogens with zero attached hydrogens (tertiary/aromatic N) is 2. The molecule has 0 aromatic heterocycles. The maximum atomic E-state index is 8.78. The van der Waals surface area contributed by atoms with Gasteiger partial charge in [-0.15, -0.1) is 0 Å². The predicted octanol–water partition coefficient (Wildman–Crippen LogP) is 0.392. The SMILES string of the molecule is CCOC1=NCC(O)=NC1. The lowest BCUT2D eigenvalue weighted by Crippen LogP contribution is -2.18. The van der Waals surface area contributed by atoms with E-state index in [-0.39, 0.29) is 12.4 Å². The van der Waals surface area contributed by atoms with Crippen molar-refractivity contribution < 1.29 is 9.84 Å². The van der Waals surface area contributed by atoms with Crippen molar-refractivity contribution >= 4 is 11.8 Å². The zero-order valence-electron chi connectivity index (χ0n) is 5.87. The van der Waals surface area contributed by atoms with Gasteiger partial charge in [-0.25, -0.2) is 9.98 Å². The van der Waals surface area contributed by atoms with Crippen LogP contribution in [-0.4, -0.2) is 36.6 Å². The maximum Gasteiger partial charge on any atom is 0.206 e. The molecule has 1 rings (SSSR count). The summed E-state index contributed by atoms with van der Waals surface area (Å²) < 4.78 is 5.06. The zero-order valence-corrected chi connectivity index (χ0v) is 5.87. The van der Waals surface area contributed by atoms with E-state index in [2.05, 4.69) is 9.98 Å². The molecule has 4 heteroatoms. The van der Waals surface area contributed by atoms with Crippen molar-refractivity contribution in [2.75, 3.05) is 19.7 Å². The highest BCUT2D eigenvalue weighted by atomic mass is 16.5. The first-order valence-electron chi connectivity index (χ1n) is 3.21. The monoisotopic (exact) mass is 142 g/mol. The summed E-state index contributed by atoms with van der Waals surface area (Å²) in [6, 6.07) is 0. The van der Waals surface area contributed by atoms with E-state index in [1.54, 1.807) is 0 Å². The summed E-state index contributed by atoms with van der Waals surface area (Å²) in [5, 5.41) is 8.78. The van der Waals surface area contributed by atoms with Gasteiger partial charge in [-0.05, 0) is 6.92 Å². The van der Waals surface area contributed by atoms with E-state index < -0.39 is 0 Å². The van der Waals surface area contributed by atoms with Gasteiger partial charge in [-0.3, -0.25) is 0 Å². The van der Waals surface area contributed by atoms with Crippen LogP contribution in [0.2, 0.25) is 0 Å². The van der Waals surface area contributed by atoms with Crippen LogP contribution in [-0.2, 0) is 4.74 Å². The van der Waals surface area contributed by atoms with E-state index in [4.69, 9.17) is 9.84 Å². The molecule has 1 aliphatic rings.